The van der Waals surface area contributed by atoms with Crippen molar-refractivity contribution >= 4 is 0 Å². The van der Waals surface area contributed by atoms with Gasteiger partial charge in [0.1, 0.15) is 5.60 Å². The third-order valence-corrected chi connectivity index (χ3v) is 2.56. The van der Waals surface area contributed by atoms with E-state index < -0.39 is 5.60 Å². The van der Waals surface area contributed by atoms with Crippen LogP contribution < -0.4 is 5.32 Å². The minimum atomic E-state index is -0.865. The second-order valence-corrected chi connectivity index (χ2v) is 4.75. The van der Waals surface area contributed by atoms with Crippen LogP contribution >= 0.6 is 0 Å². The maximum absolute atomic E-state index is 10.4. The fraction of sp³-hybridized carbons (Fsp3) is 0.750. The predicted octanol–water partition coefficient (Wildman–Crippen LogP) is 1.50. The molecule has 0 aliphatic heterocycles. The molecule has 0 aromatic carbocycles. The summed E-state index contributed by atoms with van der Waals surface area (Å²) in [6.07, 6.45) is 2.76. The van der Waals surface area contributed by atoms with E-state index >= 15 is 0 Å². The average Bonchev–Trinajstić information content (AvgIpc) is 2.64. The largest absolute Gasteiger partial charge is 0.383 e. The summed E-state index contributed by atoms with van der Waals surface area (Å²) in [6.45, 7) is 9.46. The third kappa shape index (κ3) is 3.32. The van der Waals surface area contributed by atoms with Gasteiger partial charge in [0.15, 0.2) is 0 Å². The first-order valence-corrected chi connectivity index (χ1v) is 5.95. The Labute approximate surface area is 97.7 Å². The quantitative estimate of drug-likeness (QED) is 0.771. The van der Waals surface area contributed by atoms with Gasteiger partial charge < -0.3 is 10.4 Å². The molecule has 1 aromatic heterocycles. The summed E-state index contributed by atoms with van der Waals surface area (Å²) in [5.41, 5.74) is 0.0122. The van der Waals surface area contributed by atoms with Crippen molar-refractivity contribution in [1.82, 2.24) is 15.1 Å². The number of rotatable bonds is 6. The molecule has 0 fully saturated rings. The average molecular weight is 225 g/mol. The zero-order valence-corrected chi connectivity index (χ0v) is 10.7. The van der Waals surface area contributed by atoms with E-state index in [2.05, 4.69) is 31.2 Å². The number of hydrogen-bond donors (Lipinski definition) is 2. The van der Waals surface area contributed by atoms with Gasteiger partial charge in [-0.2, -0.15) is 5.10 Å². The van der Waals surface area contributed by atoms with Crippen molar-refractivity contribution < 1.29 is 5.11 Å². The van der Waals surface area contributed by atoms with E-state index in [9.17, 15) is 5.11 Å². The normalized spacial score (nSPS) is 15.4. The molecular formula is C12H23N3O. The molecule has 0 bridgehead atoms. The van der Waals surface area contributed by atoms with Gasteiger partial charge >= 0.3 is 0 Å². The Kier molecular flexibility index (Phi) is 4.50. The summed E-state index contributed by atoms with van der Waals surface area (Å²) in [7, 11) is 0. The highest BCUT2D eigenvalue weighted by atomic mass is 16.3. The van der Waals surface area contributed by atoms with Gasteiger partial charge in [0, 0.05) is 25.3 Å². The molecule has 1 unspecified atom stereocenters. The Hall–Kier alpha value is -0.870. The molecule has 0 aliphatic rings. The van der Waals surface area contributed by atoms with Crippen LogP contribution in [-0.2, 0) is 12.1 Å². The lowest BCUT2D eigenvalue weighted by atomic mass is 10.0. The zero-order valence-electron chi connectivity index (χ0n) is 10.7. The molecule has 4 nitrogen and oxygen atoms in total. The lowest BCUT2D eigenvalue weighted by Gasteiger charge is -2.26. The van der Waals surface area contributed by atoms with Crippen LogP contribution in [0.2, 0.25) is 0 Å². The van der Waals surface area contributed by atoms with Gasteiger partial charge in [0.2, 0.25) is 0 Å². The van der Waals surface area contributed by atoms with Crippen LogP contribution in [0.15, 0.2) is 12.3 Å². The van der Waals surface area contributed by atoms with E-state index in [0.717, 1.165) is 18.7 Å². The lowest BCUT2D eigenvalue weighted by Crippen LogP contribution is -2.40. The monoisotopic (exact) mass is 225 g/mol. The summed E-state index contributed by atoms with van der Waals surface area (Å²) in [5.74, 6) is 0. The lowest BCUT2D eigenvalue weighted by molar-refractivity contribution is 0.0454. The van der Waals surface area contributed by atoms with Crippen molar-refractivity contribution in [3.63, 3.8) is 0 Å². The van der Waals surface area contributed by atoms with E-state index in [1.54, 1.807) is 6.20 Å². The first-order chi connectivity index (χ1) is 7.47. The van der Waals surface area contributed by atoms with Crippen molar-refractivity contribution in [2.24, 2.45) is 0 Å². The number of aryl methyl sites for hydroxylation is 1. The highest BCUT2D eigenvalue weighted by molar-refractivity contribution is 5.11. The van der Waals surface area contributed by atoms with Crippen LogP contribution in [-0.4, -0.2) is 27.5 Å². The molecule has 0 amide bonds. The van der Waals surface area contributed by atoms with Crippen molar-refractivity contribution in [2.45, 2.75) is 52.3 Å². The predicted molar refractivity (Wildman–Crippen MR) is 65.2 cm³/mol. The minimum Gasteiger partial charge on any atom is -0.383 e. The van der Waals surface area contributed by atoms with Crippen molar-refractivity contribution in [3.8, 4) is 0 Å². The van der Waals surface area contributed by atoms with Crippen molar-refractivity contribution in [2.75, 3.05) is 6.54 Å². The second-order valence-electron chi connectivity index (χ2n) is 4.75. The maximum Gasteiger partial charge on any atom is 0.116 e. The number of nitrogens with one attached hydrogen (secondary N) is 1. The first kappa shape index (κ1) is 13.2. The van der Waals surface area contributed by atoms with E-state index in [4.69, 9.17) is 0 Å². The Morgan fingerprint density at radius 2 is 2.25 bits per heavy atom. The Morgan fingerprint density at radius 3 is 2.81 bits per heavy atom. The second kappa shape index (κ2) is 5.46. The SMILES string of the molecule is CCCn1nccc1C(C)(O)CNC(C)C. The molecule has 0 aliphatic carbocycles. The fourth-order valence-electron chi connectivity index (χ4n) is 1.67. The molecule has 1 atom stereocenters. The van der Waals surface area contributed by atoms with Crippen LogP contribution in [0.5, 0.6) is 0 Å². The topological polar surface area (TPSA) is 50.1 Å². The van der Waals surface area contributed by atoms with Crippen LogP contribution in [0.4, 0.5) is 0 Å². The summed E-state index contributed by atoms with van der Waals surface area (Å²) in [4.78, 5) is 0. The standard InChI is InChI=1S/C12H23N3O/c1-5-8-15-11(6-7-14-15)12(4,16)9-13-10(2)3/h6-7,10,13,16H,5,8-9H2,1-4H3. The molecule has 0 saturated heterocycles. The smallest absolute Gasteiger partial charge is 0.116 e. The highest BCUT2D eigenvalue weighted by Gasteiger charge is 2.26. The number of aliphatic hydroxyl groups is 1. The van der Waals surface area contributed by atoms with Gasteiger partial charge in [-0.05, 0) is 19.4 Å². The molecule has 1 rings (SSSR count). The van der Waals surface area contributed by atoms with Crippen molar-refractivity contribution in [3.05, 3.63) is 18.0 Å². The summed E-state index contributed by atoms with van der Waals surface area (Å²) < 4.78 is 1.88. The fourth-order valence-corrected chi connectivity index (χ4v) is 1.67. The number of aromatic nitrogens is 2. The molecule has 1 aromatic rings. The third-order valence-electron chi connectivity index (χ3n) is 2.56. The van der Waals surface area contributed by atoms with Gasteiger partial charge in [-0.1, -0.05) is 20.8 Å². The van der Waals surface area contributed by atoms with Gasteiger partial charge in [-0.25, -0.2) is 0 Å². The first-order valence-electron chi connectivity index (χ1n) is 5.95. The van der Waals surface area contributed by atoms with Gasteiger partial charge in [-0.15, -0.1) is 0 Å². The Balaban J connectivity index is 2.75. The number of hydrogen-bond acceptors (Lipinski definition) is 3. The zero-order chi connectivity index (χ0) is 12.2. The van der Waals surface area contributed by atoms with Gasteiger partial charge in [-0.3, -0.25) is 4.68 Å². The Bertz CT molecular complexity index is 318. The highest BCUT2D eigenvalue weighted by Crippen LogP contribution is 2.19. The van der Waals surface area contributed by atoms with Crippen LogP contribution in [0.3, 0.4) is 0 Å². The van der Waals surface area contributed by atoms with E-state index in [1.165, 1.54) is 0 Å². The molecule has 0 radical (unpaired) electrons. The van der Waals surface area contributed by atoms with Crippen molar-refractivity contribution in [1.29, 1.82) is 0 Å². The van der Waals surface area contributed by atoms with Crippen LogP contribution in [0.25, 0.3) is 0 Å². The molecule has 2 N–H and O–H groups in total. The molecular weight excluding hydrogens is 202 g/mol. The molecule has 92 valence electrons. The van der Waals surface area contributed by atoms with Crippen LogP contribution in [0.1, 0.15) is 39.8 Å². The van der Waals surface area contributed by atoms with E-state index in [-0.39, 0.29) is 0 Å². The Morgan fingerprint density at radius 1 is 1.56 bits per heavy atom. The molecule has 4 heteroatoms. The van der Waals surface area contributed by atoms with E-state index in [0.29, 0.717) is 12.6 Å². The number of nitrogens with zero attached hydrogens (tertiary/aromatic N) is 2. The maximum atomic E-state index is 10.4. The molecule has 1 heterocycles. The molecule has 0 spiro atoms. The summed E-state index contributed by atoms with van der Waals surface area (Å²) >= 11 is 0. The van der Waals surface area contributed by atoms with Crippen LogP contribution in [0, 0.1) is 0 Å². The van der Waals surface area contributed by atoms with E-state index in [1.807, 2.05) is 17.7 Å². The molecule has 16 heavy (non-hydrogen) atoms. The van der Waals surface area contributed by atoms with Gasteiger partial charge in [0.25, 0.3) is 0 Å². The summed E-state index contributed by atoms with van der Waals surface area (Å²) in [5, 5.41) is 17.9. The molecule has 0 saturated carbocycles. The summed E-state index contributed by atoms with van der Waals surface area (Å²) in [6, 6.07) is 2.26. The minimum absolute atomic E-state index is 0.369. The van der Waals surface area contributed by atoms with Gasteiger partial charge in [0.05, 0.1) is 5.69 Å².